The lowest BCUT2D eigenvalue weighted by molar-refractivity contribution is -0.0586. The lowest BCUT2D eigenvalue weighted by Gasteiger charge is -2.35. The smallest absolute Gasteiger partial charge is 0.263 e. The van der Waals surface area contributed by atoms with Gasteiger partial charge in [-0.1, -0.05) is 12.1 Å². The molecule has 33 heavy (non-hydrogen) atoms. The van der Waals surface area contributed by atoms with E-state index in [1.54, 1.807) is 31.2 Å². The van der Waals surface area contributed by atoms with Crippen LogP contribution in [0.5, 0.6) is 0 Å². The van der Waals surface area contributed by atoms with Gasteiger partial charge in [-0.15, -0.1) is 11.3 Å². The molecular weight excluding hydrogens is 441 g/mol. The molecule has 1 aromatic heterocycles. The predicted molar refractivity (Wildman–Crippen MR) is 126 cm³/mol. The van der Waals surface area contributed by atoms with Crippen molar-refractivity contribution in [2.24, 2.45) is 0 Å². The lowest BCUT2D eigenvalue weighted by atomic mass is 10.1. The standard InChI is InChI=1S/C25H26FN3O3S/c1-15-13-29(14-16(2)32-15)25(31)20-6-4-18(5-7-20)12-27-23(30)22-17(3)28-24(33-22)19-8-10-21(26)11-9-19/h4-11,15-16H,12-14H2,1-3H3,(H,27,30). The normalized spacial score (nSPS) is 18.2. The number of nitrogens with one attached hydrogen (secondary N) is 1. The molecule has 1 saturated heterocycles. The van der Waals surface area contributed by atoms with Crippen LogP contribution in [0, 0.1) is 12.7 Å². The number of nitrogens with zero attached hydrogens (tertiary/aromatic N) is 2. The third kappa shape index (κ3) is 5.46. The summed E-state index contributed by atoms with van der Waals surface area (Å²) in [5.41, 5.74) is 2.91. The van der Waals surface area contributed by atoms with Gasteiger partial charge >= 0.3 is 0 Å². The lowest BCUT2D eigenvalue weighted by Crippen LogP contribution is -2.48. The fourth-order valence-corrected chi connectivity index (χ4v) is 4.87. The quantitative estimate of drug-likeness (QED) is 0.602. The number of benzene rings is 2. The minimum atomic E-state index is -0.313. The van der Waals surface area contributed by atoms with Crippen molar-refractivity contribution >= 4 is 23.2 Å². The number of hydrogen-bond acceptors (Lipinski definition) is 5. The van der Waals surface area contributed by atoms with Crippen molar-refractivity contribution in [2.75, 3.05) is 13.1 Å². The predicted octanol–water partition coefficient (Wildman–Crippen LogP) is 4.44. The Labute approximate surface area is 196 Å². The zero-order chi connectivity index (χ0) is 23.5. The molecule has 1 N–H and O–H groups in total. The Balaban J connectivity index is 1.37. The Bertz CT molecular complexity index is 1130. The highest BCUT2D eigenvalue weighted by molar-refractivity contribution is 7.17. The van der Waals surface area contributed by atoms with E-state index >= 15 is 0 Å². The second-order valence-electron chi connectivity index (χ2n) is 8.29. The number of amides is 2. The molecule has 8 heteroatoms. The number of ether oxygens (including phenoxy) is 1. The molecule has 172 valence electrons. The molecule has 0 saturated carbocycles. The summed E-state index contributed by atoms with van der Waals surface area (Å²) in [7, 11) is 0. The van der Waals surface area contributed by atoms with Gasteiger partial charge in [0.25, 0.3) is 11.8 Å². The van der Waals surface area contributed by atoms with Gasteiger partial charge in [0.2, 0.25) is 0 Å². The molecule has 0 bridgehead atoms. The van der Waals surface area contributed by atoms with Crippen molar-refractivity contribution in [1.82, 2.24) is 15.2 Å². The SMILES string of the molecule is Cc1nc(-c2ccc(F)cc2)sc1C(=O)NCc1ccc(C(=O)N2CC(C)OC(C)C2)cc1. The summed E-state index contributed by atoms with van der Waals surface area (Å²) >= 11 is 1.28. The Morgan fingerprint density at radius 2 is 1.73 bits per heavy atom. The average Bonchev–Trinajstić information content (AvgIpc) is 3.19. The first-order chi connectivity index (χ1) is 15.8. The highest BCUT2D eigenvalue weighted by atomic mass is 32.1. The van der Waals surface area contributed by atoms with Crippen LogP contribution in [0.1, 0.15) is 45.1 Å². The highest BCUT2D eigenvalue weighted by Crippen LogP contribution is 2.28. The first-order valence-electron chi connectivity index (χ1n) is 10.9. The summed E-state index contributed by atoms with van der Waals surface area (Å²) in [4.78, 5) is 32.3. The van der Waals surface area contributed by atoms with E-state index in [1.165, 1.54) is 23.5 Å². The molecule has 0 radical (unpaired) electrons. The van der Waals surface area contributed by atoms with Gasteiger partial charge in [-0.2, -0.15) is 0 Å². The molecule has 2 unspecified atom stereocenters. The third-order valence-corrected chi connectivity index (χ3v) is 6.66. The molecule has 1 aliphatic heterocycles. The van der Waals surface area contributed by atoms with Crippen LogP contribution in [-0.4, -0.2) is 47.0 Å². The van der Waals surface area contributed by atoms with Crippen molar-refractivity contribution in [1.29, 1.82) is 0 Å². The Kier molecular flexibility index (Phi) is 6.85. The van der Waals surface area contributed by atoms with Crippen LogP contribution in [0.3, 0.4) is 0 Å². The Hall–Kier alpha value is -3.10. The molecule has 0 spiro atoms. The summed E-state index contributed by atoms with van der Waals surface area (Å²) in [6, 6.07) is 13.3. The number of thiazole rings is 1. The number of morpholine rings is 1. The number of aryl methyl sites for hydroxylation is 1. The van der Waals surface area contributed by atoms with E-state index in [2.05, 4.69) is 10.3 Å². The number of halogens is 1. The fraction of sp³-hybridized carbons (Fsp3) is 0.320. The number of carbonyl (C=O) groups excluding carboxylic acids is 2. The van der Waals surface area contributed by atoms with Crippen molar-refractivity contribution < 1.29 is 18.7 Å². The van der Waals surface area contributed by atoms with Gasteiger partial charge in [0, 0.05) is 30.8 Å². The molecule has 1 fully saturated rings. The second-order valence-corrected chi connectivity index (χ2v) is 9.29. The zero-order valence-electron chi connectivity index (χ0n) is 18.8. The summed E-state index contributed by atoms with van der Waals surface area (Å²) in [5.74, 6) is -0.539. The van der Waals surface area contributed by atoms with Crippen LogP contribution in [0.2, 0.25) is 0 Å². The first kappa shape index (κ1) is 23.1. The first-order valence-corrected chi connectivity index (χ1v) is 11.7. The Morgan fingerprint density at radius 1 is 1.09 bits per heavy atom. The van der Waals surface area contributed by atoms with E-state index < -0.39 is 0 Å². The number of hydrogen-bond donors (Lipinski definition) is 1. The summed E-state index contributed by atoms with van der Waals surface area (Å²) < 4.78 is 18.9. The number of aromatic nitrogens is 1. The second kappa shape index (κ2) is 9.80. The fourth-order valence-electron chi connectivity index (χ4n) is 3.88. The van der Waals surface area contributed by atoms with Gasteiger partial charge in [0.15, 0.2) is 0 Å². The third-order valence-electron chi connectivity index (χ3n) is 5.45. The summed E-state index contributed by atoms with van der Waals surface area (Å²) in [6.07, 6.45) is 0.0388. The average molecular weight is 468 g/mol. The van der Waals surface area contributed by atoms with E-state index in [9.17, 15) is 14.0 Å². The van der Waals surface area contributed by atoms with Gasteiger partial charge in [-0.25, -0.2) is 9.37 Å². The molecule has 2 amide bonds. The number of rotatable bonds is 5. The monoisotopic (exact) mass is 467 g/mol. The topological polar surface area (TPSA) is 71.5 Å². The molecule has 4 rings (SSSR count). The van der Waals surface area contributed by atoms with E-state index in [4.69, 9.17) is 4.74 Å². The molecule has 2 aromatic carbocycles. The molecule has 0 aliphatic carbocycles. The van der Waals surface area contributed by atoms with Gasteiger partial charge in [0.05, 0.1) is 17.9 Å². The summed E-state index contributed by atoms with van der Waals surface area (Å²) in [6.45, 7) is 7.21. The van der Waals surface area contributed by atoms with Crippen LogP contribution in [0.25, 0.3) is 10.6 Å². The maximum absolute atomic E-state index is 13.2. The van der Waals surface area contributed by atoms with Gasteiger partial charge in [0.1, 0.15) is 15.7 Å². The van der Waals surface area contributed by atoms with Crippen LogP contribution in [-0.2, 0) is 11.3 Å². The molecule has 6 nitrogen and oxygen atoms in total. The zero-order valence-corrected chi connectivity index (χ0v) is 19.6. The van der Waals surface area contributed by atoms with E-state index in [-0.39, 0.29) is 29.8 Å². The van der Waals surface area contributed by atoms with Crippen LogP contribution in [0.15, 0.2) is 48.5 Å². The minimum absolute atomic E-state index is 0.0128. The maximum Gasteiger partial charge on any atom is 0.263 e. The molecule has 3 aromatic rings. The highest BCUT2D eigenvalue weighted by Gasteiger charge is 2.26. The molecule has 1 aliphatic rings. The maximum atomic E-state index is 13.2. The number of carbonyl (C=O) groups is 2. The van der Waals surface area contributed by atoms with E-state index in [0.29, 0.717) is 40.8 Å². The van der Waals surface area contributed by atoms with E-state index in [0.717, 1.165) is 11.1 Å². The minimum Gasteiger partial charge on any atom is -0.372 e. The van der Waals surface area contributed by atoms with Crippen molar-refractivity contribution in [3.05, 3.63) is 76.0 Å². The van der Waals surface area contributed by atoms with Gasteiger partial charge < -0.3 is 15.0 Å². The van der Waals surface area contributed by atoms with Crippen LogP contribution < -0.4 is 5.32 Å². The van der Waals surface area contributed by atoms with Gasteiger partial charge in [-0.05, 0) is 62.7 Å². The van der Waals surface area contributed by atoms with Crippen molar-refractivity contribution in [3.8, 4) is 10.6 Å². The van der Waals surface area contributed by atoms with E-state index in [1.807, 2.05) is 30.9 Å². The van der Waals surface area contributed by atoms with Crippen molar-refractivity contribution in [2.45, 2.75) is 39.5 Å². The Morgan fingerprint density at radius 3 is 2.36 bits per heavy atom. The largest absolute Gasteiger partial charge is 0.372 e. The molecular formula is C25H26FN3O3S. The molecule has 2 atom stereocenters. The molecule has 2 heterocycles. The van der Waals surface area contributed by atoms with Crippen LogP contribution >= 0.6 is 11.3 Å². The van der Waals surface area contributed by atoms with Crippen molar-refractivity contribution in [3.63, 3.8) is 0 Å². The summed E-state index contributed by atoms with van der Waals surface area (Å²) in [5, 5.41) is 3.59. The van der Waals surface area contributed by atoms with Gasteiger partial charge in [-0.3, -0.25) is 9.59 Å². The van der Waals surface area contributed by atoms with Crippen LogP contribution in [0.4, 0.5) is 4.39 Å².